The summed E-state index contributed by atoms with van der Waals surface area (Å²) in [4.78, 5) is 11.9. The topological polar surface area (TPSA) is 38.3 Å². The van der Waals surface area contributed by atoms with E-state index in [4.69, 9.17) is 16.3 Å². The summed E-state index contributed by atoms with van der Waals surface area (Å²) in [6, 6.07) is 17.3. The van der Waals surface area contributed by atoms with E-state index >= 15 is 0 Å². The molecule has 0 radical (unpaired) electrons. The molecule has 23 heavy (non-hydrogen) atoms. The van der Waals surface area contributed by atoms with Gasteiger partial charge in [-0.1, -0.05) is 54.1 Å². The van der Waals surface area contributed by atoms with Crippen LogP contribution in [0.2, 0.25) is 5.02 Å². The highest BCUT2D eigenvalue weighted by Crippen LogP contribution is 2.23. The van der Waals surface area contributed by atoms with Gasteiger partial charge in [-0.2, -0.15) is 0 Å². The molecule has 0 saturated carbocycles. The maximum atomic E-state index is 11.9. The molecule has 0 saturated heterocycles. The Hall–Kier alpha value is -1.65. The van der Waals surface area contributed by atoms with E-state index in [1.165, 1.54) is 0 Å². The van der Waals surface area contributed by atoms with Crippen molar-refractivity contribution in [3.8, 4) is 5.75 Å². The summed E-state index contributed by atoms with van der Waals surface area (Å²) < 4.78 is 5.58. The molecule has 1 amide bonds. The highest BCUT2D eigenvalue weighted by atomic mass is 35.5. The number of amides is 1. The van der Waals surface area contributed by atoms with E-state index in [9.17, 15) is 4.79 Å². The summed E-state index contributed by atoms with van der Waals surface area (Å²) in [6.07, 6.45) is 0. The summed E-state index contributed by atoms with van der Waals surface area (Å²) in [7, 11) is 0. The third-order valence-electron chi connectivity index (χ3n) is 3.23. The maximum absolute atomic E-state index is 11.9. The Kier molecular flexibility index (Phi) is 7.30. The third kappa shape index (κ3) is 6.16. The Bertz CT molecular complexity index is 621. The number of carbonyl (C=O) groups excluding carboxylic acids is 1. The van der Waals surface area contributed by atoms with Crippen LogP contribution in [0.1, 0.15) is 18.5 Å². The number of halogens is 1. The monoisotopic (exact) mass is 349 g/mol. The molecule has 2 aromatic rings. The van der Waals surface area contributed by atoms with Crippen LogP contribution in [0.25, 0.3) is 0 Å². The van der Waals surface area contributed by atoms with Gasteiger partial charge in [-0.15, -0.1) is 11.8 Å². The van der Waals surface area contributed by atoms with Crippen molar-refractivity contribution in [2.45, 2.75) is 13.0 Å². The Labute approximate surface area is 146 Å². The average molecular weight is 350 g/mol. The Balaban J connectivity index is 1.63. The first-order valence-corrected chi connectivity index (χ1v) is 8.99. The highest BCUT2D eigenvalue weighted by molar-refractivity contribution is 7.99. The number of hydrogen-bond acceptors (Lipinski definition) is 3. The number of thioether (sulfide) groups is 1. The lowest BCUT2D eigenvalue weighted by atomic mass is 10.1. The summed E-state index contributed by atoms with van der Waals surface area (Å²) in [6.45, 7) is 2.51. The normalized spacial score (nSPS) is 11.7. The van der Waals surface area contributed by atoms with E-state index in [0.717, 1.165) is 11.3 Å². The number of rotatable bonds is 8. The maximum Gasteiger partial charge on any atom is 0.230 e. The third-order valence-corrected chi connectivity index (χ3v) is 4.47. The first kappa shape index (κ1) is 17.7. The van der Waals surface area contributed by atoms with Crippen molar-refractivity contribution >= 4 is 29.3 Å². The molecule has 0 aliphatic carbocycles. The average Bonchev–Trinajstić information content (AvgIpc) is 2.57. The number of ether oxygens (including phenoxy) is 1. The minimum absolute atomic E-state index is 0.0173. The fourth-order valence-corrected chi connectivity index (χ4v) is 2.85. The van der Waals surface area contributed by atoms with Gasteiger partial charge in [-0.3, -0.25) is 4.79 Å². The minimum Gasteiger partial charge on any atom is -0.491 e. The number of nitrogens with one attached hydrogen (secondary N) is 1. The van der Waals surface area contributed by atoms with E-state index in [1.807, 2.05) is 55.5 Å². The molecule has 2 rings (SSSR count). The van der Waals surface area contributed by atoms with E-state index in [-0.39, 0.29) is 11.9 Å². The van der Waals surface area contributed by atoms with Gasteiger partial charge in [0.2, 0.25) is 5.91 Å². The number of benzene rings is 2. The van der Waals surface area contributed by atoms with Gasteiger partial charge in [0.05, 0.1) is 23.4 Å². The fraction of sp³-hybridized carbons (Fsp3) is 0.278. The van der Waals surface area contributed by atoms with Gasteiger partial charge in [-0.25, -0.2) is 0 Å². The first-order chi connectivity index (χ1) is 11.2. The first-order valence-electron chi connectivity index (χ1n) is 7.46. The van der Waals surface area contributed by atoms with Crippen molar-refractivity contribution in [2.75, 3.05) is 18.1 Å². The van der Waals surface area contributed by atoms with Gasteiger partial charge in [0.1, 0.15) is 5.75 Å². The van der Waals surface area contributed by atoms with Crippen LogP contribution in [0.5, 0.6) is 5.75 Å². The Morgan fingerprint density at radius 3 is 2.61 bits per heavy atom. The largest absolute Gasteiger partial charge is 0.491 e. The Morgan fingerprint density at radius 1 is 1.17 bits per heavy atom. The van der Waals surface area contributed by atoms with Gasteiger partial charge in [-0.05, 0) is 24.6 Å². The smallest absolute Gasteiger partial charge is 0.230 e. The quantitative estimate of drug-likeness (QED) is 0.721. The predicted octanol–water partition coefficient (Wildman–Crippen LogP) is 4.33. The lowest BCUT2D eigenvalue weighted by Gasteiger charge is -2.14. The van der Waals surface area contributed by atoms with Gasteiger partial charge < -0.3 is 10.1 Å². The fourth-order valence-electron chi connectivity index (χ4n) is 2.05. The van der Waals surface area contributed by atoms with Crippen LogP contribution in [0.15, 0.2) is 54.6 Å². The van der Waals surface area contributed by atoms with Gasteiger partial charge in [0.25, 0.3) is 0 Å². The molecule has 0 spiro atoms. The molecule has 0 aliphatic rings. The van der Waals surface area contributed by atoms with Crippen LogP contribution >= 0.6 is 23.4 Å². The van der Waals surface area contributed by atoms with Crippen LogP contribution in [-0.2, 0) is 4.79 Å². The van der Waals surface area contributed by atoms with E-state index in [1.54, 1.807) is 17.8 Å². The molecule has 0 heterocycles. The van der Waals surface area contributed by atoms with E-state index in [2.05, 4.69) is 5.32 Å². The van der Waals surface area contributed by atoms with E-state index < -0.39 is 0 Å². The van der Waals surface area contributed by atoms with Gasteiger partial charge in [0.15, 0.2) is 0 Å². The second kappa shape index (κ2) is 9.48. The van der Waals surface area contributed by atoms with Crippen molar-refractivity contribution in [3.05, 3.63) is 65.2 Å². The van der Waals surface area contributed by atoms with Crippen LogP contribution in [-0.4, -0.2) is 24.0 Å². The summed E-state index contributed by atoms with van der Waals surface area (Å²) in [5.41, 5.74) is 1.10. The van der Waals surface area contributed by atoms with Crippen molar-refractivity contribution in [2.24, 2.45) is 0 Å². The lowest BCUT2D eigenvalue weighted by molar-refractivity contribution is -0.119. The van der Waals surface area contributed by atoms with Crippen LogP contribution in [0.3, 0.4) is 0 Å². The molecule has 0 bridgehead atoms. The SMILES string of the molecule is C[C@@H](NC(=O)CSCCOc1ccccc1Cl)c1ccccc1. The molecule has 0 aliphatic heterocycles. The molecule has 0 unspecified atom stereocenters. The number of para-hydroxylation sites is 1. The van der Waals surface area contributed by atoms with Crippen LogP contribution in [0, 0.1) is 0 Å². The van der Waals surface area contributed by atoms with Crippen molar-refractivity contribution in [3.63, 3.8) is 0 Å². The molecule has 0 fully saturated rings. The van der Waals surface area contributed by atoms with Gasteiger partial charge in [0, 0.05) is 5.75 Å². The molecule has 0 aromatic heterocycles. The molecular formula is C18H20ClNO2S. The summed E-state index contributed by atoms with van der Waals surface area (Å²) in [5, 5.41) is 3.60. The molecule has 2 aromatic carbocycles. The lowest BCUT2D eigenvalue weighted by Crippen LogP contribution is -2.28. The van der Waals surface area contributed by atoms with Gasteiger partial charge >= 0.3 is 0 Å². The second-order valence-corrected chi connectivity index (χ2v) is 6.54. The molecule has 3 nitrogen and oxygen atoms in total. The van der Waals surface area contributed by atoms with Crippen molar-refractivity contribution in [1.29, 1.82) is 0 Å². The standard InChI is InChI=1S/C18H20ClNO2S/c1-14(15-7-3-2-4-8-15)20-18(21)13-23-12-11-22-17-10-6-5-9-16(17)19/h2-10,14H,11-13H2,1H3,(H,20,21)/t14-/m1/s1. The summed E-state index contributed by atoms with van der Waals surface area (Å²) in [5.74, 6) is 1.86. The summed E-state index contributed by atoms with van der Waals surface area (Å²) >= 11 is 7.55. The number of carbonyl (C=O) groups is 1. The molecule has 1 atom stereocenters. The van der Waals surface area contributed by atoms with Crippen LogP contribution < -0.4 is 10.1 Å². The Morgan fingerprint density at radius 2 is 1.87 bits per heavy atom. The zero-order valence-electron chi connectivity index (χ0n) is 13.0. The zero-order chi connectivity index (χ0) is 16.5. The zero-order valence-corrected chi connectivity index (χ0v) is 14.6. The molecular weight excluding hydrogens is 330 g/mol. The minimum atomic E-state index is 0.0173. The van der Waals surface area contributed by atoms with Crippen LogP contribution in [0.4, 0.5) is 0 Å². The van der Waals surface area contributed by atoms with E-state index in [0.29, 0.717) is 23.1 Å². The second-order valence-electron chi connectivity index (χ2n) is 5.03. The number of hydrogen-bond donors (Lipinski definition) is 1. The predicted molar refractivity (Wildman–Crippen MR) is 97.3 cm³/mol. The molecule has 122 valence electrons. The molecule has 1 N–H and O–H groups in total. The molecule has 5 heteroatoms. The van der Waals surface area contributed by atoms with Crippen molar-refractivity contribution < 1.29 is 9.53 Å². The van der Waals surface area contributed by atoms with Crippen molar-refractivity contribution in [1.82, 2.24) is 5.32 Å². The highest BCUT2D eigenvalue weighted by Gasteiger charge is 2.09.